The van der Waals surface area contributed by atoms with Crippen LogP contribution in [0.1, 0.15) is 42.2 Å². The molecule has 5 rings (SSSR count). The van der Waals surface area contributed by atoms with E-state index >= 15 is 0 Å². The van der Waals surface area contributed by atoms with Crippen molar-refractivity contribution in [1.82, 2.24) is 30.0 Å². The normalized spacial score (nSPS) is 16.5. The van der Waals surface area contributed by atoms with E-state index in [0.717, 1.165) is 60.3 Å². The monoisotopic (exact) mass is 398 g/mol. The number of aryl methyl sites for hydroxylation is 1. The molecule has 0 bridgehead atoms. The van der Waals surface area contributed by atoms with E-state index in [2.05, 4.69) is 25.1 Å². The number of carbonyl (C=O) groups excluding carboxylic acids is 1. The Balaban J connectivity index is 1.29. The minimum atomic E-state index is -0.0620. The number of nitrogens with one attached hydrogen (secondary N) is 2. The zero-order chi connectivity index (χ0) is 19.1. The first-order valence-corrected chi connectivity index (χ1v) is 10.3. The summed E-state index contributed by atoms with van der Waals surface area (Å²) in [5.74, 6) is 1.89. The molecule has 2 N–H and O–H groups in total. The third-order valence-corrected chi connectivity index (χ3v) is 6.04. The molecule has 0 radical (unpaired) electrons. The molecule has 0 fully saturated rings. The number of hydrogen-bond donors (Lipinski definition) is 2. The van der Waals surface area contributed by atoms with Gasteiger partial charge in [-0.15, -0.1) is 10.2 Å². The molecule has 0 spiro atoms. The smallest absolute Gasteiger partial charge is 0.318 e. The van der Waals surface area contributed by atoms with Gasteiger partial charge in [0, 0.05) is 59.7 Å². The van der Waals surface area contributed by atoms with Gasteiger partial charge in [0.2, 0.25) is 0 Å². The summed E-state index contributed by atoms with van der Waals surface area (Å²) in [6.45, 7) is 2.63. The summed E-state index contributed by atoms with van der Waals surface area (Å²) in [6.07, 6.45) is 5.31. The first-order valence-electron chi connectivity index (χ1n) is 9.92. The minimum absolute atomic E-state index is 0.0620. The summed E-state index contributed by atoms with van der Waals surface area (Å²) < 4.78 is 2.17. The second-order valence-electron chi connectivity index (χ2n) is 7.60. The molecular weight excluding hydrogens is 376 g/mol. The summed E-state index contributed by atoms with van der Waals surface area (Å²) in [5.41, 5.74) is 3.43. The standard InChI is InChI=1S/C20H23ClN6O/c21-13-5-6-16-14(10-13)15-12-26(9-7-17(15)23-16)20(28)22-11-19-25-24-18-4-2-1-3-8-27(18)19/h5-6,10,23H,1-4,7-9,11-12H2,(H,22,28). The molecule has 4 heterocycles. The van der Waals surface area contributed by atoms with Gasteiger partial charge >= 0.3 is 6.03 Å². The van der Waals surface area contributed by atoms with Crippen LogP contribution in [0.15, 0.2) is 18.2 Å². The van der Waals surface area contributed by atoms with Crippen molar-refractivity contribution < 1.29 is 4.79 Å². The Morgan fingerprint density at radius 2 is 2.11 bits per heavy atom. The highest BCUT2D eigenvalue weighted by molar-refractivity contribution is 6.31. The van der Waals surface area contributed by atoms with Crippen LogP contribution in [0.5, 0.6) is 0 Å². The van der Waals surface area contributed by atoms with Crippen LogP contribution in [0.25, 0.3) is 10.9 Å². The van der Waals surface area contributed by atoms with Gasteiger partial charge in [-0.25, -0.2) is 4.79 Å². The zero-order valence-electron chi connectivity index (χ0n) is 15.7. The maximum absolute atomic E-state index is 12.8. The molecular formula is C20H23ClN6O. The first kappa shape index (κ1) is 17.6. The van der Waals surface area contributed by atoms with E-state index in [-0.39, 0.29) is 6.03 Å². The molecule has 146 valence electrons. The molecule has 3 aromatic rings. The van der Waals surface area contributed by atoms with Crippen LogP contribution in [-0.2, 0) is 32.5 Å². The number of fused-ring (bicyclic) bond motifs is 4. The molecule has 0 aliphatic carbocycles. The second kappa shape index (κ2) is 7.13. The minimum Gasteiger partial charge on any atom is -0.358 e. The lowest BCUT2D eigenvalue weighted by atomic mass is 10.0. The molecule has 0 saturated carbocycles. The molecule has 7 nitrogen and oxygen atoms in total. The van der Waals surface area contributed by atoms with Crippen LogP contribution in [0, 0.1) is 0 Å². The SMILES string of the molecule is O=C(NCc1nnc2n1CCCCC2)N1CCc2[nH]c3ccc(Cl)cc3c2C1. The maximum Gasteiger partial charge on any atom is 0.318 e. The van der Waals surface area contributed by atoms with Crippen molar-refractivity contribution >= 4 is 28.5 Å². The predicted octanol–water partition coefficient (Wildman–Crippen LogP) is 3.41. The highest BCUT2D eigenvalue weighted by Crippen LogP contribution is 2.29. The van der Waals surface area contributed by atoms with Crippen LogP contribution in [0.2, 0.25) is 5.02 Å². The number of aromatic amines is 1. The number of carbonyl (C=O) groups is 1. The Bertz CT molecular complexity index is 1040. The van der Waals surface area contributed by atoms with Gasteiger partial charge in [0.05, 0.1) is 6.54 Å². The van der Waals surface area contributed by atoms with E-state index in [1.807, 2.05) is 23.1 Å². The summed E-state index contributed by atoms with van der Waals surface area (Å²) in [5, 5.41) is 13.4. The molecule has 0 atom stereocenters. The van der Waals surface area contributed by atoms with Crippen LogP contribution in [0.4, 0.5) is 4.79 Å². The number of nitrogens with zero attached hydrogens (tertiary/aromatic N) is 4. The Labute approximate surface area is 168 Å². The van der Waals surface area contributed by atoms with E-state index in [1.165, 1.54) is 12.1 Å². The number of aromatic nitrogens is 4. The van der Waals surface area contributed by atoms with Gasteiger partial charge in [-0.1, -0.05) is 18.0 Å². The van der Waals surface area contributed by atoms with Crippen molar-refractivity contribution in [2.24, 2.45) is 0 Å². The fourth-order valence-electron chi connectivity index (χ4n) is 4.30. The summed E-state index contributed by atoms with van der Waals surface area (Å²) in [4.78, 5) is 18.1. The van der Waals surface area contributed by atoms with Crippen molar-refractivity contribution in [2.75, 3.05) is 6.54 Å². The topological polar surface area (TPSA) is 78.8 Å². The van der Waals surface area contributed by atoms with Gasteiger partial charge in [0.1, 0.15) is 5.82 Å². The Morgan fingerprint density at radius 3 is 3.04 bits per heavy atom. The van der Waals surface area contributed by atoms with E-state index in [0.29, 0.717) is 24.7 Å². The fraction of sp³-hybridized carbons (Fsp3) is 0.450. The summed E-state index contributed by atoms with van der Waals surface area (Å²) in [6, 6.07) is 5.79. The van der Waals surface area contributed by atoms with Gasteiger partial charge < -0.3 is 19.8 Å². The molecule has 2 aliphatic heterocycles. The summed E-state index contributed by atoms with van der Waals surface area (Å²) >= 11 is 6.17. The maximum atomic E-state index is 12.8. The van der Waals surface area contributed by atoms with Crippen LogP contribution in [-0.4, -0.2) is 37.2 Å². The Kier molecular flexibility index (Phi) is 4.47. The number of benzene rings is 1. The van der Waals surface area contributed by atoms with Crippen molar-refractivity contribution in [1.29, 1.82) is 0 Å². The van der Waals surface area contributed by atoms with E-state index in [1.54, 1.807) is 0 Å². The largest absolute Gasteiger partial charge is 0.358 e. The molecule has 2 aliphatic rings. The summed E-state index contributed by atoms with van der Waals surface area (Å²) in [7, 11) is 0. The zero-order valence-corrected chi connectivity index (χ0v) is 16.4. The lowest BCUT2D eigenvalue weighted by molar-refractivity contribution is 0.191. The first-order chi connectivity index (χ1) is 13.7. The number of rotatable bonds is 2. The fourth-order valence-corrected chi connectivity index (χ4v) is 4.47. The lowest BCUT2D eigenvalue weighted by Gasteiger charge is -2.27. The van der Waals surface area contributed by atoms with Crippen molar-refractivity contribution in [3.8, 4) is 0 Å². The van der Waals surface area contributed by atoms with E-state index in [4.69, 9.17) is 11.6 Å². The van der Waals surface area contributed by atoms with Crippen LogP contribution in [0.3, 0.4) is 0 Å². The predicted molar refractivity (Wildman–Crippen MR) is 107 cm³/mol. The second-order valence-corrected chi connectivity index (χ2v) is 8.03. The highest BCUT2D eigenvalue weighted by atomic mass is 35.5. The van der Waals surface area contributed by atoms with Gasteiger partial charge in [-0.05, 0) is 31.0 Å². The van der Waals surface area contributed by atoms with Gasteiger partial charge in [-0.3, -0.25) is 0 Å². The van der Waals surface area contributed by atoms with Crippen molar-refractivity contribution in [2.45, 2.75) is 51.7 Å². The van der Waals surface area contributed by atoms with Crippen LogP contribution < -0.4 is 5.32 Å². The molecule has 0 unspecified atom stereocenters. The third-order valence-electron chi connectivity index (χ3n) is 5.81. The highest BCUT2D eigenvalue weighted by Gasteiger charge is 2.24. The average Bonchev–Trinajstić information content (AvgIpc) is 3.17. The van der Waals surface area contributed by atoms with Crippen LogP contribution >= 0.6 is 11.6 Å². The quantitative estimate of drug-likeness (QED) is 0.694. The molecule has 0 saturated heterocycles. The molecule has 1 aromatic carbocycles. The van der Waals surface area contributed by atoms with Gasteiger partial charge in [-0.2, -0.15) is 0 Å². The van der Waals surface area contributed by atoms with Gasteiger partial charge in [0.15, 0.2) is 5.82 Å². The van der Waals surface area contributed by atoms with Crippen molar-refractivity contribution in [3.63, 3.8) is 0 Å². The lowest BCUT2D eigenvalue weighted by Crippen LogP contribution is -2.42. The van der Waals surface area contributed by atoms with Gasteiger partial charge in [0.25, 0.3) is 0 Å². The average molecular weight is 399 g/mol. The molecule has 8 heteroatoms. The molecule has 28 heavy (non-hydrogen) atoms. The van der Waals surface area contributed by atoms with E-state index < -0.39 is 0 Å². The number of urea groups is 1. The molecule has 2 aromatic heterocycles. The Morgan fingerprint density at radius 1 is 1.18 bits per heavy atom. The molecule has 2 amide bonds. The number of amides is 2. The van der Waals surface area contributed by atoms with E-state index in [9.17, 15) is 4.79 Å². The van der Waals surface area contributed by atoms with Crippen molar-refractivity contribution in [3.05, 3.63) is 46.1 Å². The Hall–Kier alpha value is -2.54. The number of hydrogen-bond acceptors (Lipinski definition) is 3. The number of H-pyrrole nitrogens is 1. The number of halogens is 1. The third kappa shape index (κ3) is 3.13.